The molecule has 1 saturated heterocycles. The summed E-state index contributed by atoms with van der Waals surface area (Å²) in [5.41, 5.74) is 2.22. The minimum absolute atomic E-state index is 0.0435. The van der Waals surface area contributed by atoms with E-state index in [-0.39, 0.29) is 18.9 Å². The van der Waals surface area contributed by atoms with Crippen molar-refractivity contribution in [3.8, 4) is 0 Å². The van der Waals surface area contributed by atoms with E-state index in [2.05, 4.69) is 50.7 Å². The van der Waals surface area contributed by atoms with Gasteiger partial charge < -0.3 is 25.4 Å². The second-order valence-corrected chi connectivity index (χ2v) is 6.24. The van der Waals surface area contributed by atoms with Crippen molar-refractivity contribution in [1.29, 1.82) is 0 Å². The van der Waals surface area contributed by atoms with Crippen molar-refractivity contribution >= 4 is 17.3 Å². The fourth-order valence-electron chi connectivity index (χ4n) is 3.28. The quantitative estimate of drug-likeness (QED) is 0.655. The van der Waals surface area contributed by atoms with Gasteiger partial charge in [-0.05, 0) is 33.1 Å². The maximum absolute atomic E-state index is 9.26. The smallest absolute Gasteiger partial charge is 0.161 e. The van der Waals surface area contributed by atoms with Crippen LogP contribution in [-0.4, -0.2) is 47.2 Å². The second kappa shape index (κ2) is 8.31. The van der Waals surface area contributed by atoms with Crippen LogP contribution in [0.25, 0.3) is 0 Å². The van der Waals surface area contributed by atoms with E-state index < -0.39 is 0 Å². The highest BCUT2D eigenvalue weighted by Gasteiger charge is 2.35. The summed E-state index contributed by atoms with van der Waals surface area (Å²) in [6, 6.07) is 0. The zero-order valence-corrected chi connectivity index (χ0v) is 14.9. The molecule has 2 aliphatic heterocycles. The molecular weight excluding hydrogens is 318 g/mol. The number of hydrogen-bond acceptors (Lipinski definition) is 7. The van der Waals surface area contributed by atoms with E-state index in [1.54, 1.807) is 6.33 Å². The number of nitrogens with one attached hydrogen (secondary N) is 2. The molecule has 2 aliphatic rings. The number of allylic oxidation sites excluding steroid dienone is 3. The van der Waals surface area contributed by atoms with Gasteiger partial charge in [-0.2, -0.15) is 0 Å². The number of hydrogen-bond donors (Lipinski definition) is 3. The number of rotatable bonds is 7. The van der Waals surface area contributed by atoms with Gasteiger partial charge in [-0.15, -0.1) is 0 Å². The maximum Gasteiger partial charge on any atom is 0.161 e. The van der Waals surface area contributed by atoms with Crippen LogP contribution in [-0.2, 0) is 4.74 Å². The fraction of sp³-hybridized carbons (Fsp3) is 0.556. The molecule has 25 heavy (non-hydrogen) atoms. The average Bonchev–Trinajstić information content (AvgIpc) is 3.27. The molecule has 0 aromatic carbocycles. The molecule has 7 nitrogen and oxygen atoms in total. The highest BCUT2D eigenvalue weighted by atomic mass is 16.5. The molecule has 136 valence electrons. The Morgan fingerprint density at radius 2 is 2.32 bits per heavy atom. The van der Waals surface area contributed by atoms with Gasteiger partial charge in [0.05, 0.1) is 19.4 Å². The molecule has 0 aliphatic carbocycles. The third-order valence-corrected chi connectivity index (χ3v) is 4.62. The Kier molecular flexibility index (Phi) is 5.88. The standard InChI is InChI=1S/C18H27N5O2/c1-3-5-13(4-2)8-9-19-17-16-18(21-11-20-17)23(12-22-16)15-7-6-14(10-24)25-15/h3-5,11,14-15,22,24H,6-10,12H2,1-2H3,(H,19,20,21)/b5-3-,13-4+. The minimum atomic E-state index is -0.0700. The third kappa shape index (κ3) is 3.93. The number of aliphatic hydroxyl groups excluding tert-OH is 1. The van der Waals surface area contributed by atoms with Crippen LogP contribution in [0.3, 0.4) is 0 Å². The lowest BCUT2D eigenvalue weighted by Gasteiger charge is -2.24. The maximum atomic E-state index is 9.26. The number of nitrogens with zero attached hydrogens (tertiary/aromatic N) is 3. The molecule has 3 heterocycles. The van der Waals surface area contributed by atoms with Crippen molar-refractivity contribution in [3.63, 3.8) is 0 Å². The molecule has 2 atom stereocenters. The summed E-state index contributed by atoms with van der Waals surface area (Å²) < 4.78 is 5.89. The lowest BCUT2D eigenvalue weighted by Crippen LogP contribution is -2.35. The zero-order valence-electron chi connectivity index (χ0n) is 14.9. The van der Waals surface area contributed by atoms with Gasteiger partial charge in [0.15, 0.2) is 11.6 Å². The molecule has 1 fully saturated rings. The summed E-state index contributed by atoms with van der Waals surface area (Å²) in [7, 11) is 0. The van der Waals surface area contributed by atoms with Crippen LogP contribution >= 0.6 is 0 Å². The molecule has 0 spiro atoms. The molecule has 0 saturated carbocycles. The molecule has 0 amide bonds. The first-order valence-corrected chi connectivity index (χ1v) is 8.90. The molecule has 0 bridgehead atoms. The summed E-state index contributed by atoms with van der Waals surface area (Å²) >= 11 is 0. The van der Waals surface area contributed by atoms with Crippen LogP contribution in [0.2, 0.25) is 0 Å². The Labute approximate surface area is 148 Å². The average molecular weight is 345 g/mol. The summed E-state index contributed by atoms with van der Waals surface area (Å²) in [5.74, 6) is 1.68. The van der Waals surface area contributed by atoms with E-state index in [0.717, 1.165) is 43.1 Å². The van der Waals surface area contributed by atoms with Gasteiger partial charge in [0, 0.05) is 6.54 Å². The van der Waals surface area contributed by atoms with Crippen LogP contribution < -0.4 is 15.5 Å². The van der Waals surface area contributed by atoms with E-state index in [4.69, 9.17) is 4.74 Å². The van der Waals surface area contributed by atoms with Crippen molar-refractivity contribution in [2.24, 2.45) is 0 Å². The molecule has 3 rings (SSSR count). The summed E-state index contributed by atoms with van der Waals surface area (Å²) in [5, 5.41) is 16.0. The molecular formula is C18H27N5O2. The number of aromatic nitrogens is 2. The first-order chi connectivity index (χ1) is 12.3. The van der Waals surface area contributed by atoms with Gasteiger partial charge in [-0.25, -0.2) is 9.97 Å². The largest absolute Gasteiger partial charge is 0.394 e. The first-order valence-electron chi connectivity index (χ1n) is 8.90. The topological polar surface area (TPSA) is 82.5 Å². The molecule has 7 heteroatoms. The molecule has 3 N–H and O–H groups in total. The van der Waals surface area contributed by atoms with E-state index in [1.165, 1.54) is 5.57 Å². The van der Waals surface area contributed by atoms with Crippen LogP contribution in [0.15, 0.2) is 30.1 Å². The van der Waals surface area contributed by atoms with Crippen molar-refractivity contribution in [2.45, 2.75) is 45.4 Å². The zero-order chi connectivity index (χ0) is 17.6. The summed E-state index contributed by atoms with van der Waals surface area (Å²) in [6.45, 7) is 5.60. The fourth-order valence-corrected chi connectivity index (χ4v) is 3.28. The van der Waals surface area contributed by atoms with Gasteiger partial charge in [0.1, 0.15) is 18.2 Å². The van der Waals surface area contributed by atoms with Crippen LogP contribution in [0.5, 0.6) is 0 Å². The van der Waals surface area contributed by atoms with Crippen LogP contribution in [0, 0.1) is 0 Å². The highest BCUT2D eigenvalue weighted by molar-refractivity contribution is 5.81. The highest BCUT2D eigenvalue weighted by Crippen LogP contribution is 2.37. The Morgan fingerprint density at radius 3 is 3.04 bits per heavy atom. The lowest BCUT2D eigenvalue weighted by molar-refractivity contribution is 0.0115. The van der Waals surface area contributed by atoms with E-state index in [0.29, 0.717) is 6.67 Å². The van der Waals surface area contributed by atoms with Crippen LogP contribution in [0.1, 0.15) is 33.1 Å². The van der Waals surface area contributed by atoms with Gasteiger partial charge in [0.2, 0.25) is 0 Å². The number of aliphatic hydroxyl groups is 1. The van der Waals surface area contributed by atoms with Crippen molar-refractivity contribution in [3.05, 3.63) is 30.1 Å². The predicted molar refractivity (Wildman–Crippen MR) is 99.7 cm³/mol. The number of ether oxygens (including phenoxy) is 1. The van der Waals surface area contributed by atoms with E-state index in [1.807, 2.05) is 6.92 Å². The minimum Gasteiger partial charge on any atom is -0.394 e. The monoisotopic (exact) mass is 345 g/mol. The van der Waals surface area contributed by atoms with E-state index in [9.17, 15) is 5.11 Å². The Hall–Kier alpha value is -2.12. The lowest BCUT2D eigenvalue weighted by atomic mass is 10.1. The normalized spacial score (nSPS) is 23.2. The van der Waals surface area contributed by atoms with Gasteiger partial charge in [-0.1, -0.05) is 23.8 Å². The first kappa shape index (κ1) is 17.7. The Morgan fingerprint density at radius 1 is 1.44 bits per heavy atom. The Balaban J connectivity index is 1.65. The number of anilines is 3. The van der Waals surface area contributed by atoms with Gasteiger partial charge >= 0.3 is 0 Å². The molecule has 1 aromatic rings. The van der Waals surface area contributed by atoms with Crippen molar-refractivity contribution < 1.29 is 9.84 Å². The Bertz CT molecular complexity index is 646. The summed E-state index contributed by atoms with van der Waals surface area (Å²) in [6.07, 6.45) is 10.5. The SMILES string of the molecule is C/C=C\C(=C/C)CCNc1ncnc2c1NCN2C1CCC(CO)O1. The van der Waals surface area contributed by atoms with Crippen molar-refractivity contribution in [1.82, 2.24) is 9.97 Å². The van der Waals surface area contributed by atoms with Crippen LogP contribution in [0.4, 0.5) is 17.3 Å². The third-order valence-electron chi connectivity index (χ3n) is 4.62. The van der Waals surface area contributed by atoms with Gasteiger partial charge in [-0.3, -0.25) is 0 Å². The van der Waals surface area contributed by atoms with Crippen molar-refractivity contribution in [2.75, 3.05) is 35.4 Å². The second-order valence-electron chi connectivity index (χ2n) is 6.24. The summed E-state index contributed by atoms with van der Waals surface area (Å²) in [4.78, 5) is 10.9. The molecule has 0 radical (unpaired) electrons. The van der Waals surface area contributed by atoms with Gasteiger partial charge in [0.25, 0.3) is 0 Å². The van der Waals surface area contributed by atoms with E-state index >= 15 is 0 Å². The number of fused-ring (bicyclic) bond motifs is 1. The predicted octanol–water partition coefficient (Wildman–Crippen LogP) is 2.49. The molecule has 1 aromatic heterocycles. The molecule has 2 unspecified atom stereocenters.